The minimum atomic E-state index is -0.726. The zero-order chi connectivity index (χ0) is 26.8. The zero-order valence-electron chi connectivity index (χ0n) is 21.1. The van der Waals surface area contributed by atoms with E-state index in [0.29, 0.717) is 41.4 Å². The van der Waals surface area contributed by atoms with Gasteiger partial charge in [-0.2, -0.15) is 0 Å². The molecule has 2 aliphatic heterocycles. The zero-order valence-corrected chi connectivity index (χ0v) is 22.6. The molecule has 0 unspecified atom stereocenters. The lowest BCUT2D eigenvalue weighted by molar-refractivity contribution is -0.125. The van der Waals surface area contributed by atoms with Gasteiger partial charge in [0.1, 0.15) is 12.3 Å². The molecule has 198 valence electrons. The summed E-state index contributed by atoms with van der Waals surface area (Å²) in [6.07, 6.45) is 1.97. The van der Waals surface area contributed by atoms with Crippen molar-refractivity contribution in [2.45, 2.75) is 30.3 Å². The van der Waals surface area contributed by atoms with E-state index < -0.39 is 11.0 Å². The number of likely N-dealkylation sites (tertiary alicyclic amines) is 1. The predicted molar refractivity (Wildman–Crippen MR) is 149 cm³/mol. The topological polar surface area (TPSA) is 75.9 Å². The van der Waals surface area contributed by atoms with Crippen LogP contribution in [0, 0.1) is 0 Å². The van der Waals surface area contributed by atoms with Crippen molar-refractivity contribution in [2.24, 2.45) is 5.73 Å². The van der Waals surface area contributed by atoms with E-state index in [0.717, 1.165) is 30.8 Å². The van der Waals surface area contributed by atoms with Crippen LogP contribution >= 0.6 is 23.2 Å². The normalized spacial score (nSPS) is 21.4. The molecule has 0 radical (unpaired) electrons. The van der Waals surface area contributed by atoms with E-state index in [1.165, 1.54) is 0 Å². The van der Waals surface area contributed by atoms with Crippen LogP contribution < -0.4 is 5.73 Å². The molecular formula is C30H31Cl2N3O3. The van der Waals surface area contributed by atoms with Gasteiger partial charge in [0.25, 0.3) is 5.91 Å². The van der Waals surface area contributed by atoms with Crippen LogP contribution in [0.15, 0.2) is 78.9 Å². The van der Waals surface area contributed by atoms with Gasteiger partial charge in [-0.05, 0) is 67.7 Å². The van der Waals surface area contributed by atoms with Crippen LogP contribution in [0.1, 0.15) is 40.7 Å². The minimum Gasteiger partial charge on any atom is -0.369 e. The Bertz CT molecular complexity index is 1300. The third-order valence-electron chi connectivity index (χ3n) is 8.04. The highest BCUT2D eigenvalue weighted by molar-refractivity contribution is 6.42. The number of halogens is 2. The Hall–Kier alpha value is -2.90. The Morgan fingerprint density at radius 2 is 1.53 bits per heavy atom. The molecule has 2 heterocycles. The van der Waals surface area contributed by atoms with Crippen LogP contribution in [0.5, 0.6) is 0 Å². The summed E-state index contributed by atoms with van der Waals surface area (Å²) in [6, 6.07) is 24.6. The number of nitrogens with zero attached hydrogens (tertiary/aromatic N) is 2. The van der Waals surface area contributed by atoms with Crippen molar-refractivity contribution in [1.29, 1.82) is 0 Å². The quantitative estimate of drug-likeness (QED) is 0.436. The molecule has 3 aromatic carbocycles. The monoisotopic (exact) mass is 551 g/mol. The number of benzene rings is 3. The number of rotatable bonds is 7. The van der Waals surface area contributed by atoms with E-state index >= 15 is 0 Å². The molecule has 2 N–H and O–H groups in total. The van der Waals surface area contributed by atoms with Gasteiger partial charge in [-0.25, -0.2) is 0 Å². The third-order valence-corrected chi connectivity index (χ3v) is 8.78. The maximum atomic E-state index is 13.2. The van der Waals surface area contributed by atoms with E-state index in [9.17, 15) is 9.59 Å². The maximum absolute atomic E-state index is 13.2. The number of carbonyl (C=O) groups is 2. The van der Waals surface area contributed by atoms with E-state index in [-0.39, 0.29) is 18.5 Å². The average Bonchev–Trinajstić information content (AvgIpc) is 3.40. The van der Waals surface area contributed by atoms with Gasteiger partial charge < -0.3 is 20.3 Å². The van der Waals surface area contributed by atoms with Crippen LogP contribution in [-0.2, 0) is 20.5 Å². The van der Waals surface area contributed by atoms with E-state index in [2.05, 4.69) is 4.90 Å². The molecule has 2 fully saturated rings. The number of hydrogen-bond donors (Lipinski definition) is 1. The molecule has 0 spiro atoms. The lowest BCUT2D eigenvalue weighted by atomic mass is 9.72. The van der Waals surface area contributed by atoms with Crippen molar-refractivity contribution in [3.05, 3.63) is 106 Å². The first-order chi connectivity index (χ1) is 18.3. The molecule has 2 amide bonds. The van der Waals surface area contributed by atoms with E-state index in [1.807, 2.05) is 72.8 Å². The first-order valence-corrected chi connectivity index (χ1v) is 13.6. The summed E-state index contributed by atoms with van der Waals surface area (Å²) in [4.78, 5) is 29.9. The molecule has 6 nitrogen and oxygen atoms in total. The number of amides is 2. The Balaban J connectivity index is 1.33. The molecule has 0 aliphatic carbocycles. The summed E-state index contributed by atoms with van der Waals surface area (Å²) in [5.74, 6) is -0.343. The summed E-state index contributed by atoms with van der Waals surface area (Å²) in [6.45, 7) is 2.80. The molecule has 0 bridgehead atoms. The highest BCUT2D eigenvalue weighted by Crippen LogP contribution is 2.40. The van der Waals surface area contributed by atoms with Crippen LogP contribution in [0.25, 0.3) is 0 Å². The number of primary amides is 1. The number of ether oxygens (including phenoxy) is 1. The number of hydrogen-bond acceptors (Lipinski definition) is 4. The van der Waals surface area contributed by atoms with Gasteiger partial charge >= 0.3 is 0 Å². The maximum Gasteiger partial charge on any atom is 0.255 e. The van der Waals surface area contributed by atoms with Crippen molar-refractivity contribution in [3.8, 4) is 0 Å². The second kappa shape index (κ2) is 11.1. The van der Waals surface area contributed by atoms with Gasteiger partial charge in [0.05, 0.1) is 22.0 Å². The molecule has 5 rings (SSSR count). The first kappa shape index (κ1) is 26.7. The first-order valence-electron chi connectivity index (χ1n) is 12.8. The Morgan fingerprint density at radius 1 is 0.868 bits per heavy atom. The smallest absolute Gasteiger partial charge is 0.255 e. The highest BCUT2D eigenvalue weighted by atomic mass is 35.5. The minimum absolute atomic E-state index is 0.0698. The van der Waals surface area contributed by atoms with Gasteiger partial charge in [0, 0.05) is 12.1 Å². The SMILES string of the molecule is NC(=O)C1(c2ccccc2)CCN(CC[C@@]2(c3ccc(Cl)c(Cl)c3)CN(C(=O)c3ccccc3)CO2)CC1. The fourth-order valence-corrected chi connectivity index (χ4v) is 5.97. The summed E-state index contributed by atoms with van der Waals surface area (Å²) >= 11 is 12.6. The summed E-state index contributed by atoms with van der Waals surface area (Å²) in [5.41, 5.74) is 7.05. The van der Waals surface area contributed by atoms with Crippen molar-refractivity contribution in [3.63, 3.8) is 0 Å². The van der Waals surface area contributed by atoms with Crippen LogP contribution in [0.4, 0.5) is 0 Å². The second-order valence-electron chi connectivity index (χ2n) is 10.2. The standard InChI is InChI=1S/C30H31Cl2N3O3/c31-25-12-11-24(19-26(25)32)30(20-35(21-38-30)27(36)22-7-3-1-4-8-22)15-18-34-16-13-29(14-17-34,28(33)37)23-9-5-2-6-10-23/h1-12,19H,13-18,20-21H2,(H2,33,37)/t30-/m0/s1. The Kier molecular flexibility index (Phi) is 7.78. The molecular weight excluding hydrogens is 521 g/mol. The van der Waals surface area contributed by atoms with Crippen molar-refractivity contribution < 1.29 is 14.3 Å². The predicted octanol–water partition coefficient (Wildman–Crippen LogP) is 5.23. The summed E-state index contributed by atoms with van der Waals surface area (Å²) < 4.78 is 6.42. The number of carbonyl (C=O) groups excluding carboxylic acids is 2. The number of piperidine rings is 1. The van der Waals surface area contributed by atoms with Gasteiger partial charge in [-0.15, -0.1) is 0 Å². The molecule has 0 aromatic heterocycles. The molecule has 3 aromatic rings. The molecule has 2 saturated heterocycles. The molecule has 0 saturated carbocycles. The van der Waals surface area contributed by atoms with Crippen LogP contribution in [-0.4, -0.2) is 54.5 Å². The Morgan fingerprint density at radius 3 is 2.16 bits per heavy atom. The highest BCUT2D eigenvalue weighted by Gasteiger charge is 2.45. The summed E-state index contributed by atoms with van der Waals surface area (Å²) in [7, 11) is 0. The number of nitrogens with two attached hydrogens (primary N) is 1. The van der Waals surface area contributed by atoms with Gasteiger partial charge in [-0.3, -0.25) is 9.59 Å². The van der Waals surface area contributed by atoms with Crippen molar-refractivity contribution >= 4 is 35.0 Å². The lowest BCUT2D eigenvalue weighted by Gasteiger charge is -2.41. The van der Waals surface area contributed by atoms with Gasteiger partial charge in [-0.1, -0.05) is 77.8 Å². The summed E-state index contributed by atoms with van der Waals surface area (Å²) in [5, 5.41) is 0.924. The third kappa shape index (κ3) is 5.19. The van der Waals surface area contributed by atoms with Crippen molar-refractivity contribution in [1.82, 2.24) is 9.80 Å². The van der Waals surface area contributed by atoms with Gasteiger partial charge in [0.2, 0.25) is 5.91 Å². The Labute approximate surface area is 233 Å². The lowest BCUT2D eigenvalue weighted by Crippen LogP contribution is -2.50. The van der Waals surface area contributed by atoms with Gasteiger partial charge in [0.15, 0.2) is 0 Å². The van der Waals surface area contributed by atoms with E-state index in [4.69, 9.17) is 33.7 Å². The van der Waals surface area contributed by atoms with Crippen LogP contribution in [0.3, 0.4) is 0 Å². The van der Waals surface area contributed by atoms with Crippen LogP contribution in [0.2, 0.25) is 10.0 Å². The fraction of sp³-hybridized carbons (Fsp3) is 0.333. The molecule has 1 atom stereocenters. The molecule has 38 heavy (non-hydrogen) atoms. The van der Waals surface area contributed by atoms with E-state index in [1.54, 1.807) is 11.0 Å². The largest absolute Gasteiger partial charge is 0.369 e. The molecule has 2 aliphatic rings. The fourth-order valence-electron chi connectivity index (χ4n) is 5.68. The van der Waals surface area contributed by atoms with Crippen molar-refractivity contribution in [2.75, 3.05) is 32.9 Å². The molecule has 8 heteroatoms. The second-order valence-corrected chi connectivity index (χ2v) is 11.0. The average molecular weight is 553 g/mol.